The van der Waals surface area contributed by atoms with Crippen molar-refractivity contribution in [2.45, 2.75) is 6.92 Å². The molecule has 0 saturated heterocycles. The number of para-hydroxylation sites is 1. The van der Waals surface area contributed by atoms with Gasteiger partial charge in [0.15, 0.2) is 0 Å². The molecule has 0 aliphatic heterocycles. The topological polar surface area (TPSA) is 3.24 Å². The minimum Gasteiger partial charge on any atom is -0.310 e. The molecule has 7 rings (SSSR count). The average molecular weight is 486 g/mol. The Morgan fingerprint density at radius 3 is 1.18 bits per heavy atom. The van der Waals surface area contributed by atoms with Crippen LogP contribution < -0.4 is 4.90 Å². The van der Waals surface area contributed by atoms with Crippen molar-refractivity contribution in [1.82, 2.24) is 0 Å². The summed E-state index contributed by atoms with van der Waals surface area (Å²) in [6, 6.07) is 52.8. The molecule has 0 unspecified atom stereocenters. The number of nitrogens with zero attached hydrogens (tertiary/aromatic N) is 1. The molecule has 0 fully saturated rings. The van der Waals surface area contributed by atoms with Crippen LogP contribution in [-0.4, -0.2) is 0 Å². The molecule has 1 heteroatoms. The van der Waals surface area contributed by atoms with Gasteiger partial charge in [-0.05, 0) is 85.1 Å². The number of fused-ring (bicyclic) bond motifs is 4. The maximum atomic E-state index is 2.37. The van der Waals surface area contributed by atoms with Crippen LogP contribution in [0.3, 0.4) is 0 Å². The zero-order valence-electron chi connectivity index (χ0n) is 21.3. The average Bonchev–Trinajstić information content (AvgIpc) is 2.98. The fourth-order valence-electron chi connectivity index (χ4n) is 5.71. The van der Waals surface area contributed by atoms with Gasteiger partial charge in [0.2, 0.25) is 0 Å². The summed E-state index contributed by atoms with van der Waals surface area (Å²) in [5.41, 5.74) is 4.68. The van der Waals surface area contributed by atoms with Gasteiger partial charge in [0, 0.05) is 17.1 Å². The molecular formula is C37H27N. The molecule has 0 atom stereocenters. The number of aryl methyl sites for hydroxylation is 1. The first-order chi connectivity index (χ1) is 18.8. The van der Waals surface area contributed by atoms with Crippen molar-refractivity contribution in [2.75, 3.05) is 4.90 Å². The van der Waals surface area contributed by atoms with Crippen molar-refractivity contribution in [3.05, 3.63) is 193 Å². The fraction of sp³-hybridized carbons (Fsp3) is 0.0270. The van der Waals surface area contributed by atoms with Crippen LogP contribution in [0.2, 0.25) is 0 Å². The van der Waals surface area contributed by atoms with Gasteiger partial charge in [0.25, 0.3) is 0 Å². The number of hydrogen-bond acceptors (Lipinski definition) is 1. The second-order valence-corrected chi connectivity index (χ2v) is 9.87. The van der Waals surface area contributed by atoms with E-state index >= 15 is 0 Å². The summed E-state index contributed by atoms with van der Waals surface area (Å²) in [5, 5.41) is 10.1. The predicted molar refractivity (Wildman–Crippen MR) is 156 cm³/mol. The second kappa shape index (κ2) is 9.21. The SMILES string of the molecule is Cc1ccc(N(c2ccccc2)c2ccc3c(c2)=c2ccccc2=c2ccccc2=c2ccccc2=3)cc1. The Kier molecular flexibility index (Phi) is 5.41. The van der Waals surface area contributed by atoms with Gasteiger partial charge in [0.1, 0.15) is 0 Å². The van der Waals surface area contributed by atoms with Crippen molar-refractivity contribution in [1.29, 1.82) is 0 Å². The Morgan fingerprint density at radius 2 is 0.684 bits per heavy atom. The molecule has 6 aromatic carbocycles. The summed E-state index contributed by atoms with van der Waals surface area (Å²) < 4.78 is 0. The Morgan fingerprint density at radius 1 is 0.316 bits per heavy atom. The second-order valence-electron chi connectivity index (χ2n) is 9.87. The van der Waals surface area contributed by atoms with Gasteiger partial charge in [-0.3, -0.25) is 0 Å². The molecular weight excluding hydrogens is 458 g/mol. The van der Waals surface area contributed by atoms with Gasteiger partial charge < -0.3 is 4.90 Å². The highest BCUT2D eigenvalue weighted by atomic mass is 15.1. The standard InChI is InChI=1S/C37H27N/c1-26-19-21-28(22-20-26)38(27-11-3-2-4-12-27)29-23-24-36-34-17-8-7-15-32(34)30-13-5-6-14-31(30)33-16-9-10-18-35(33)37(36)25-29/h2-25H,1H3. The predicted octanol–water partition coefficient (Wildman–Crippen LogP) is 8.93. The summed E-state index contributed by atoms with van der Waals surface area (Å²) in [7, 11) is 0. The third kappa shape index (κ3) is 3.72. The highest BCUT2D eigenvalue weighted by molar-refractivity contribution is 5.76. The van der Waals surface area contributed by atoms with Crippen LogP contribution in [0.5, 0.6) is 0 Å². The van der Waals surface area contributed by atoms with E-state index in [0.717, 1.165) is 17.1 Å². The Balaban J connectivity index is 1.70. The van der Waals surface area contributed by atoms with E-state index in [1.807, 2.05) is 0 Å². The molecule has 180 valence electrons. The number of rotatable bonds is 3. The van der Waals surface area contributed by atoms with E-state index in [1.165, 1.54) is 47.3 Å². The van der Waals surface area contributed by atoms with Crippen LogP contribution in [0, 0.1) is 48.7 Å². The highest BCUT2D eigenvalue weighted by Crippen LogP contribution is 2.34. The first-order valence-corrected chi connectivity index (χ1v) is 13.1. The van der Waals surface area contributed by atoms with Gasteiger partial charge in [-0.15, -0.1) is 0 Å². The molecule has 0 radical (unpaired) electrons. The molecule has 0 saturated carbocycles. The fourth-order valence-corrected chi connectivity index (χ4v) is 5.71. The van der Waals surface area contributed by atoms with Crippen molar-refractivity contribution in [3.63, 3.8) is 0 Å². The maximum absolute atomic E-state index is 2.37. The highest BCUT2D eigenvalue weighted by Gasteiger charge is 2.13. The monoisotopic (exact) mass is 485 g/mol. The lowest BCUT2D eigenvalue weighted by atomic mass is 10.0. The molecule has 1 aliphatic carbocycles. The van der Waals surface area contributed by atoms with Gasteiger partial charge in [-0.25, -0.2) is 0 Å². The first-order valence-electron chi connectivity index (χ1n) is 13.1. The lowest BCUT2D eigenvalue weighted by molar-refractivity contribution is 1.24. The molecule has 0 bridgehead atoms. The minimum atomic E-state index is 1.14. The van der Waals surface area contributed by atoms with Crippen LogP contribution in [0.15, 0.2) is 146 Å². The molecule has 1 aliphatic rings. The van der Waals surface area contributed by atoms with E-state index in [4.69, 9.17) is 0 Å². The third-order valence-electron chi connectivity index (χ3n) is 7.51. The van der Waals surface area contributed by atoms with Gasteiger partial charge >= 0.3 is 0 Å². The van der Waals surface area contributed by atoms with Gasteiger partial charge in [-0.2, -0.15) is 0 Å². The molecule has 0 heterocycles. The van der Waals surface area contributed by atoms with Crippen LogP contribution >= 0.6 is 0 Å². The van der Waals surface area contributed by atoms with Gasteiger partial charge in [0.05, 0.1) is 0 Å². The molecule has 0 N–H and O–H groups in total. The summed E-state index contributed by atoms with van der Waals surface area (Å²) >= 11 is 0. The first kappa shape index (κ1) is 22.3. The number of hydrogen-bond donors (Lipinski definition) is 0. The smallest absolute Gasteiger partial charge is 0.0468 e. The number of anilines is 3. The van der Waals surface area contributed by atoms with E-state index in [-0.39, 0.29) is 0 Å². The van der Waals surface area contributed by atoms with Crippen LogP contribution in [0.4, 0.5) is 17.1 Å². The summed E-state index contributed by atoms with van der Waals surface area (Å²) in [6.45, 7) is 2.13. The lowest BCUT2D eigenvalue weighted by Crippen LogP contribution is -2.10. The maximum Gasteiger partial charge on any atom is 0.0468 e. The summed E-state index contributed by atoms with van der Waals surface area (Å²) in [6.07, 6.45) is 0. The van der Waals surface area contributed by atoms with E-state index in [1.54, 1.807) is 0 Å². The Bertz CT molecular complexity index is 2180. The van der Waals surface area contributed by atoms with Crippen LogP contribution in [0.1, 0.15) is 5.56 Å². The van der Waals surface area contributed by atoms with Crippen molar-refractivity contribution >= 4 is 17.1 Å². The summed E-state index contributed by atoms with van der Waals surface area (Å²) in [5.74, 6) is 0. The molecule has 38 heavy (non-hydrogen) atoms. The van der Waals surface area contributed by atoms with Crippen molar-refractivity contribution in [2.24, 2.45) is 0 Å². The molecule has 1 nitrogen and oxygen atoms in total. The molecule has 6 aromatic rings. The third-order valence-corrected chi connectivity index (χ3v) is 7.51. The molecule has 0 spiro atoms. The van der Waals surface area contributed by atoms with E-state index < -0.39 is 0 Å². The Hall–Kier alpha value is -4.88. The van der Waals surface area contributed by atoms with Crippen molar-refractivity contribution < 1.29 is 0 Å². The molecule has 0 amide bonds. The minimum absolute atomic E-state index is 1.14. The summed E-state index contributed by atoms with van der Waals surface area (Å²) in [4.78, 5) is 2.35. The zero-order valence-corrected chi connectivity index (χ0v) is 21.3. The van der Waals surface area contributed by atoms with Crippen molar-refractivity contribution in [3.8, 4) is 0 Å². The number of benzene rings is 6. The normalized spacial score (nSPS) is 11.3. The lowest BCUT2D eigenvalue weighted by Gasteiger charge is -2.25. The van der Waals surface area contributed by atoms with Crippen LogP contribution in [-0.2, 0) is 0 Å². The zero-order chi connectivity index (χ0) is 25.5. The van der Waals surface area contributed by atoms with E-state index in [0.29, 0.717) is 0 Å². The quantitative estimate of drug-likeness (QED) is 0.241. The largest absolute Gasteiger partial charge is 0.310 e. The molecule has 0 aromatic heterocycles. The van der Waals surface area contributed by atoms with E-state index in [2.05, 4.69) is 157 Å². The van der Waals surface area contributed by atoms with Gasteiger partial charge in [-0.1, -0.05) is 115 Å². The van der Waals surface area contributed by atoms with E-state index in [9.17, 15) is 0 Å². The van der Waals surface area contributed by atoms with Crippen LogP contribution in [0.25, 0.3) is 0 Å². The Labute approximate surface area is 221 Å².